The number of aliphatic hydroxyl groups excluding tert-OH is 1. The number of carbonyl (C=O) groups excluding carboxylic acids is 2. The van der Waals surface area contributed by atoms with E-state index >= 15 is 0 Å². The Morgan fingerprint density at radius 1 is 1.10 bits per heavy atom. The monoisotopic (exact) mass is 750 g/mol. The molecule has 0 saturated carbocycles. The van der Waals surface area contributed by atoms with E-state index in [9.17, 15) is 19.5 Å². The van der Waals surface area contributed by atoms with Crippen LogP contribution in [0.2, 0.25) is 0 Å². The fourth-order valence-corrected chi connectivity index (χ4v) is 7.04. The highest BCUT2D eigenvalue weighted by Crippen LogP contribution is 2.28. The summed E-state index contributed by atoms with van der Waals surface area (Å²) in [6.07, 6.45) is 3.00. The summed E-state index contributed by atoms with van der Waals surface area (Å²) in [6, 6.07) is 20.3. The fraction of sp³-hybridized carbons (Fsp3) is 0.289. The quantitative estimate of drug-likeness (QED) is 0.206. The van der Waals surface area contributed by atoms with Crippen LogP contribution in [0, 0.1) is 6.92 Å². The molecule has 0 bridgehead atoms. The molecule has 0 aliphatic carbocycles. The second-order valence-electron chi connectivity index (χ2n) is 13.1. The Bertz CT molecular complexity index is 2350. The average Bonchev–Trinajstić information content (AvgIpc) is 3.83. The number of carbonyl (C=O) groups is 2. The van der Waals surface area contributed by atoms with Crippen molar-refractivity contribution in [2.75, 3.05) is 0 Å². The van der Waals surface area contributed by atoms with Crippen LogP contribution in [0.25, 0.3) is 28.0 Å². The molecule has 2 atom stereocenters. The van der Waals surface area contributed by atoms with Crippen LogP contribution in [0.4, 0.5) is 0 Å². The van der Waals surface area contributed by atoms with E-state index < -0.39 is 12.0 Å². The molecule has 0 unspecified atom stereocenters. The zero-order valence-corrected chi connectivity index (χ0v) is 30.5. The van der Waals surface area contributed by atoms with E-state index in [0.717, 1.165) is 38.9 Å². The van der Waals surface area contributed by atoms with Crippen LogP contribution < -0.4 is 11.0 Å². The molecule has 6 aromatic rings. The van der Waals surface area contributed by atoms with Crippen molar-refractivity contribution in [2.45, 2.75) is 72.6 Å². The third-order valence-electron chi connectivity index (χ3n) is 9.45. The third kappa shape index (κ3) is 6.43. The molecule has 262 valence electrons. The first kappa shape index (κ1) is 34.2. The van der Waals surface area contributed by atoms with Crippen molar-refractivity contribution in [3.63, 3.8) is 0 Å². The number of hydrogen-bond donors (Lipinski definition) is 2. The summed E-state index contributed by atoms with van der Waals surface area (Å²) in [5, 5.41) is 17.7. The second kappa shape index (κ2) is 13.8. The van der Waals surface area contributed by atoms with Crippen molar-refractivity contribution in [3.05, 3.63) is 122 Å². The number of aliphatic hydroxyl groups is 1. The van der Waals surface area contributed by atoms with Gasteiger partial charge in [0.05, 0.1) is 47.1 Å². The topological polar surface area (TPSA) is 132 Å². The Labute approximate surface area is 303 Å². The fourth-order valence-electron chi connectivity index (χ4n) is 6.79. The molecule has 1 aliphatic heterocycles. The van der Waals surface area contributed by atoms with Crippen molar-refractivity contribution >= 4 is 38.8 Å². The first-order valence-electron chi connectivity index (χ1n) is 17.0. The number of nitrogens with one attached hydrogen (secondary N) is 1. The number of aromatic nitrogens is 6. The lowest BCUT2D eigenvalue weighted by Crippen LogP contribution is -2.47. The molecule has 1 aliphatic rings. The standard InChI is InChI=1S/C38H39BrN8O4/c1-5-44-15-14-31(42-44)29-9-7-6-8-27(29)18-40-36(49)35-34-21-45(37(50)26-10-12-30(39)23(2)16-26)24(3)19-46(34)38(51)47(35)28-11-13-33-32(17-28)41-22-43(33)20-25(4)48/h6-17,22,24-25,48H,5,18-21H2,1-4H3,(H,40,49)/t24-,25-/m1/s1. The molecule has 2 amide bonds. The number of rotatable bonds is 9. The molecule has 3 aromatic heterocycles. The van der Waals surface area contributed by atoms with Crippen LogP contribution in [-0.4, -0.2) is 62.4 Å². The summed E-state index contributed by atoms with van der Waals surface area (Å²) in [5.74, 6) is -0.627. The van der Waals surface area contributed by atoms with Gasteiger partial charge in [0, 0.05) is 54.0 Å². The minimum absolute atomic E-state index is 0.0659. The summed E-state index contributed by atoms with van der Waals surface area (Å²) < 4.78 is 7.64. The van der Waals surface area contributed by atoms with Crippen LogP contribution in [0.3, 0.4) is 0 Å². The summed E-state index contributed by atoms with van der Waals surface area (Å²) in [6.45, 7) is 9.15. The van der Waals surface area contributed by atoms with Gasteiger partial charge < -0.3 is 19.9 Å². The number of imidazole rings is 2. The molecule has 0 saturated heterocycles. The molecule has 51 heavy (non-hydrogen) atoms. The van der Waals surface area contributed by atoms with Crippen molar-refractivity contribution in [1.82, 2.24) is 38.7 Å². The van der Waals surface area contributed by atoms with Crippen LogP contribution in [0.15, 0.2) is 88.5 Å². The number of amides is 2. The van der Waals surface area contributed by atoms with Gasteiger partial charge in [-0.1, -0.05) is 40.2 Å². The number of halogens is 1. The molecule has 0 fully saturated rings. The number of hydrogen-bond acceptors (Lipinski definition) is 6. The van der Waals surface area contributed by atoms with Crippen LogP contribution in [-0.2, 0) is 32.7 Å². The minimum Gasteiger partial charge on any atom is -0.392 e. The molecule has 13 heteroatoms. The molecule has 0 radical (unpaired) electrons. The van der Waals surface area contributed by atoms with Gasteiger partial charge in [-0.25, -0.2) is 9.78 Å². The van der Waals surface area contributed by atoms with E-state index in [2.05, 4.69) is 31.3 Å². The number of aryl methyl sites for hydroxylation is 2. The van der Waals surface area contributed by atoms with E-state index in [0.29, 0.717) is 29.0 Å². The van der Waals surface area contributed by atoms with Gasteiger partial charge in [0.1, 0.15) is 5.69 Å². The Hall–Kier alpha value is -5.27. The number of nitrogens with zero attached hydrogens (tertiary/aromatic N) is 7. The molecular formula is C38H39BrN8O4. The van der Waals surface area contributed by atoms with Gasteiger partial charge in [0.2, 0.25) is 0 Å². The predicted molar refractivity (Wildman–Crippen MR) is 198 cm³/mol. The highest BCUT2D eigenvalue weighted by molar-refractivity contribution is 9.10. The maximum Gasteiger partial charge on any atom is 0.333 e. The first-order valence-corrected chi connectivity index (χ1v) is 17.8. The summed E-state index contributed by atoms with van der Waals surface area (Å²) in [7, 11) is 0. The maximum absolute atomic E-state index is 14.4. The normalized spacial score (nSPS) is 14.9. The van der Waals surface area contributed by atoms with Gasteiger partial charge in [-0.05, 0) is 81.3 Å². The molecule has 4 heterocycles. The van der Waals surface area contributed by atoms with Crippen molar-refractivity contribution in [2.24, 2.45) is 0 Å². The zero-order valence-electron chi connectivity index (χ0n) is 28.9. The summed E-state index contributed by atoms with van der Waals surface area (Å²) in [5.41, 5.74) is 6.15. The van der Waals surface area contributed by atoms with Gasteiger partial charge in [-0.15, -0.1) is 0 Å². The van der Waals surface area contributed by atoms with E-state index in [1.54, 1.807) is 40.9 Å². The number of fused-ring (bicyclic) bond motifs is 2. The maximum atomic E-state index is 14.4. The van der Waals surface area contributed by atoms with Crippen molar-refractivity contribution in [3.8, 4) is 16.9 Å². The van der Waals surface area contributed by atoms with Crippen molar-refractivity contribution in [1.29, 1.82) is 0 Å². The van der Waals surface area contributed by atoms with E-state index in [1.165, 1.54) is 4.57 Å². The van der Waals surface area contributed by atoms with Gasteiger partial charge in [-0.2, -0.15) is 5.10 Å². The minimum atomic E-state index is -0.570. The molecular weight excluding hydrogens is 712 g/mol. The third-order valence-corrected chi connectivity index (χ3v) is 10.3. The zero-order chi connectivity index (χ0) is 36.0. The lowest BCUT2D eigenvalue weighted by atomic mass is 10.0. The van der Waals surface area contributed by atoms with Gasteiger partial charge in [0.25, 0.3) is 11.8 Å². The van der Waals surface area contributed by atoms with E-state index in [-0.39, 0.29) is 43.0 Å². The van der Waals surface area contributed by atoms with Gasteiger partial charge in [-0.3, -0.25) is 23.4 Å². The smallest absolute Gasteiger partial charge is 0.333 e. The molecule has 12 nitrogen and oxygen atoms in total. The molecule has 0 spiro atoms. The lowest BCUT2D eigenvalue weighted by Gasteiger charge is -2.34. The summed E-state index contributed by atoms with van der Waals surface area (Å²) in [4.78, 5) is 48.9. The van der Waals surface area contributed by atoms with Gasteiger partial charge >= 0.3 is 5.69 Å². The van der Waals surface area contributed by atoms with Crippen molar-refractivity contribution < 1.29 is 14.7 Å². The second-order valence-corrected chi connectivity index (χ2v) is 13.9. The Kier molecular flexibility index (Phi) is 9.25. The highest BCUT2D eigenvalue weighted by atomic mass is 79.9. The largest absolute Gasteiger partial charge is 0.392 e. The van der Waals surface area contributed by atoms with Crippen LogP contribution in [0.1, 0.15) is 58.4 Å². The van der Waals surface area contributed by atoms with E-state index in [1.807, 2.05) is 84.7 Å². The average molecular weight is 752 g/mol. The highest BCUT2D eigenvalue weighted by Gasteiger charge is 2.35. The molecule has 3 aromatic carbocycles. The van der Waals surface area contributed by atoms with E-state index in [4.69, 9.17) is 0 Å². The number of benzene rings is 3. The van der Waals surface area contributed by atoms with Crippen LogP contribution >= 0.6 is 15.9 Å². The lowest BCUT2D eigenvalue weighted by molar-refractivity contribution is 0.0610. The van der Waals surface area contributed by atoms with Crippen LogP contribution in [0.5, 0.6) is 0 Å². The SMILES string of the molecule is CCn1ccc(-c2ccccc2CNC(=O)c2c3n(c(=O)n2-c2ccc4c(c2)ncn4C[C@@H](C)O)C[C@@H](C)N(C(=O)c2ccc(Br)c(C)c2)C3)n1. The molecule has 2 N–H and O–H groups in total. The Morgan fingerprint density at radius 2 is 1.90 bits per heavy atom. The first-order chi connectivity index (χ1) is 24.5. The predicted octanol–water partition coefficient (Wildman–Crippen LogP) is 5.30. The molecule has 7 rings (SSSR count). The van der Waals surface area contributed by atoms with Gasteiger partial charge in [0.15, 0.2) is 0 Å². The Morgan fingerprint density at radius 3 is 2.65 bits per heavy atom. The summed E-state index contributed by atoms with van der Waals surface area (Å²) >= 11 is 3.51. The Balaban J connectivity index is 1.29.